The van der Waals surface area contributed by atoms with Crippen molar-refractivity contribution in [1.29, 1.82) is 0 Å². The number of hydrogen-bond donors (Lipinski definition) is 1. The van der Waals surface area contributed by atoms with Crippen molar-refractivity contribution in [2.45, 2.75) is 76.1 Å². The van der Waals surface area contributed by atoms with Gasteiger partial charge in [0.2, 0.25) is 10.0 Å². The molecule has 1 heterocycles. The van der Waals surface area contributed by atoms with Gasteiger partial charge in [0.25, 0.3) is 6.02 Å². The molecule has 3 rings (SSSR count). The van der Waals surface area contributed by atoms with Gasteiger partial charge in [0.05, 0.1) is 6.04 Å². The zero-order valence-corrected chi connectivity index (χ0v) is 25.0. The number of amidine groups is 1. The van der Waals surface area contributed by atoms with E-state index in [-0.39, 0.29) is 17.1 Å². The fraction of sp³-hybridized carbons (Fsp3) is 0.500. The monoisotopic (exact) mass is 580 g/mol. The first-order valence-corrected chi connectivity index (χ1v) is 17.1. The molecular formula is C26H37BrN2O4SSi. The third kappa shape index (κ3) is 6.75. The van der Waals surface area contributed by atoms with Gasteiger partial charge in [0.15, 0.2) is 8.32 Å². The summed E-state index contributed by atoms with van der Waals surface area (Å²) in [7, 11) is -5.71. The van der Waals surface area contributed by atoms with Crippen molar-refractivity contribution in [2.24, 2.45) is 4.99 Å². The molecule has 1 fully saturated rings. The minimum atomic E-state index is -3.79. The van der Waals surface area contributed by atoms with E-state index in [1.165, 1.54) is 0 Å². The van der Waals surface area contributed by atoms with E-state index in [1.54, 1.807) is 19.9 Å². The lowest BCUT2D eigenvalue weighted by atomic mass is 9.97. The second kappa shape index (κ2) is 10.4. The van der Waals surface area contributed by atoms with E-state index in [4.69, 9.17) is 14.2 Å². The van der Waals surface area contributed by atoms with Gasteiger partial charge in [0.1, 0.15) is 10.9 Å². The molecule has 0 bridgehead atoms. The van der Waals surface area contributed by atoms with Crippen LogP contribution in [0.1, 0.15) is 63.5 Å². The predicted molar refractivity (Wildman–Crippen MR) is 148 cm³/mol. The Morgan fingerprint density at radius 2 is 1.80 bits per heavy atom. The number of rotatable bonds is 7. The SMILES string of the molecule is CC1(C)OC(=NC(CCO[Si](C)(C)C(C)(C)C)c2ccccc2)NS(=O)(=O)C1c1cccc(Br)c1. The number of ether oxygens (including phenoxy) is 1. The van der Waals surface area contributed by atoms with Gasteiger partial charge in [0, 0.05) is 11.1 Å². The predicted octanol–water partition coefficient (Wildman–Crippen LogP) is 6.73. The zero-order chi connectivity index (χ0) is 26.1. The van der Waals surface area contributed by atoms with Gasteiger partial charge in [-0.2, -0.15) is 0 Å². The first-order valence-electron chi connectivity index (χ1n) is 11.9. The molecule has 0 amide bonds. The molecule has 1 saturated heterocycles. The third-order valence-electron chi connectivity index (χ3n) is 6.80. The van der Waals surface area contributed by atoms with Gasteiger partial charge in [-0.25, -0.2) is 18.1 Å². The maximum Gasteiger partial charge on any atom is 0.299 e. The number of nitrogens with one attached hydrogen (secondary N) is 1. The summed E-state index contributed by atoms with van der Waals surface area (Å²) in [4.78, 5) is 4.75. The summed E-state index contributed by atoms with van der Waals surface area (Å²) in [5.74, 6) is 0. The number of nitrogens with zero attached hydrogens (tertiary/aromatic N) is 1. The normalized spacial score (nSPS) is 21.7. The largest absolute Gasteiger partial charge is 0.457 e. The van der Waals surface area contributed by atoms with Crippen LogP contribution in [0.15, 0.2) is 64.1 Å². The number of hydrogen-bond acceptors (Lipinski definition) is 5. The van der Waals surface area contributed by atoms with Gasteiger partial charge in [-0.15, -0.1) is 0 Å². The number of sulfonamides is 1. The summed E-state index contributed by atoms with van der Waals surface area (Å²) < 4.78 is 42.8. The Balaban J connectivity index is 1.88. The van der Waals surface area contributed by atoms with Crippen molar-refractivity contribution in [1.82, 2.24) is 4.72 Å². The summed E-state index contributed by atoms with van der Waals surface area (Å²) >= 11 is 3.44. The van der Waals surface area contributed by atoms with E-state index in [1.807, 2.05) is 48.5 Å². The molecule has 9 heteroatoms. The minimum absolute atomic E-state index is 0.0161. The molecular weight excluding hydrogens is 544 g/mol. The second-order valence-corrected chi connectivity index (χ2v) is 18.5. The molecule has 0 saturated carbocycles. The summed E-state index contributed by atoms with van der Waals surface area (Å²) in [6, 6.07) is 16.8. The number of halogens is 1. The number of benzene rings is 2. The van der Waals surface area contributed by atoms with Crippen LogP contribution in [0.4, 0.5) is 0 Å². The van der Waals surface area contributed by atoms with Crippen molar-refractivity contribution in [3.8, 4) is 0 Å². The van der Waals surface area contributed by atoms with E-state index in [2.05, 4.69) is 54.5 Å². The van der Waals surface area contributed by atoms with Crippen molar-refractivity contribution in [3.63, 3.8) is 0 Å². The maximum atomic E-state index is 13.4. The smallest absolute Gasteiger partial charge is 0.299 e. The van der Waals surface area contributed by atoms with Crippen molar-refractivity contribution in [2.75, 3.05) is 6.61 Å². The Bertz CT molecular complexity index is 1160. The summed E-state index contributed by atoms with van der Waals surface area (Å²) in [5.41, 5.74) is 0.606. The van der Waals surface area contributed by atoms with Gasteiger partial charge in [-0.1, -0.05) is 79.2 Å². The average molecular weight is 582 g/mol. The van der Waals surface area contributed by atoms with Gasteiger partial charge >= 0.3 is 0 Å². The first kappa shape index (κ1) is 27.9. The lowest BCUT2D eigenvalue weighted by molar-refractivity contribution is 0.0759. The number of aliphatic imine (C=N–C) groups is 1. The minimum Gasteiger partial charge on any atom is -0.457 e. The third-order valence-corrected chi connectivity index (χ3v) is 13.8. The highest BCUT2D eigenvalue weighted by Gasteiger charge is 2.48. The summed E-state index contributed by atoms with van der Waals surface area (Å²) in [6.07, 6.45) is 0.612. The Morgan fingerprint density at radius 1 is 1.14 bits per heavy atom. The van der Waals surface area contributed by atoms with Gasteiger partial charge in [-0.3, -0.25) is 0 Å². The summed E-state index contributed by atoms with van der Waals surface area (Å²) in [5, 5.41) is -0.780. The van der Waals surface area contributed by atoms with Crippen LogP contribution in [0.3, 0.4) is 0 Å². The van der Waals surface area contributed by atoms with Gasteiger partial charge < -0.3 is 9.16 Å². The fourth-order valence-electron chi connectivity index (χ4n) is 3.95. The molecule has 192 valence electrons. The van der Waals surface area contributed by atoms with E-state index >= 15 is 0 Å². The Morgan fingerprint density at radius 3 is 2.37 bits per heavy atom. The van der Waals surface area contributed by atoms with E-state index < -0.39 is 29.2 Å². The molecule has 0 radical (unpaired) electrons. The summed E-state index contributed by atoms with van der Waals surface area (Å²) in [6.45, 7) is 15.2. The van der Waals surface area contributed by atoms with E-state index in [0.29, 0.717) is 18.6 Å². The highest BCUT2D eigenvalue weighted by molar-refractivity contribution is 9.10. The molecule has 0 aliphatic carbocycles. The van der Waals surface area contributed by atoms with Gasteiger partial charge in [-0.05, 0) is 61.7 Å². The maximum absolute atomic E-state index is 13.4. The molecule has 2 unspecified atom stereocenters. The molecule has 1 aliphatic heterocycles. The van der Waals surface area contributed by atoms with Crippen LogP contribution in [-0.4, -0.2) is 35.0 Å². The molecule has 0 aromatic heterocycles. The fourth-order valence-corrected chi connectivity index (χ4v) is 7.18. The first-order chi connectivity index (χ1) is 16.1. The van der Waals surface area contributed by atoms with E-state index in [0.717, 1.165) is 10.0 Å². The molecule has 6 nitrogen and oxygen atoms in total. The molecule has 2 atom stereocenters. The zero-order valence-electron chi connectivity index (χ0n) is 21.6. The van der Waals surface area contributed by atoms with Crippen LogP contribution < -0.4 is 4.72 Å². The van der Waals surface area contributed by atoms with E-state index in [9.17, 15) is 8.42 Å². The van der Waals surface area contributed by atoms with Crippen molar-refractivity contribution < 1.29 is 17.6 Å². The second-order valence-electron chi connectivity index (χ2n) is 11.0. The topological polar surface area (TPSA) is 77.0 Å². The average Bonchev–Trinajstić information content (AvgIpc) is 2.71. The van der Waals surface area contributed by atoms with Crippen LogP contribution >= 0.6 is 15.9 Å². The van der Waals surface area contributed by atoms with Crippen molar-refractivity contribution >= 4 is 40.3 Å². The Hall–Kier alpha value is -1.68. The molecule has 0 spiro atoms. The molecule has 35 heavy (non-hydrogen) atoms. The van der Waals surface area contributed by atoms with Crippen LogP contribution in [0.2, 0.25) is 18.1 Å². The Kier molecular flexibility index (Phi) is 8.26. The lowest BCUT2D eigenvalue weighted by Crippen LogP contribution is -2.53. The quantitative estimate of drug-likeness (QED) is 0.368. The standard InChI is InChI=1S/C26H37BrN2O4SSi/c1-25(2,3)35(6,7)32-17-16-22(19-12-9-8-10-13-19)28-24-29-34(30,31)23(26(4,5)33-24)20-14-11-15-21(27)18-20/h8-15,18,22-23H,16-17H2,1-7H3,(H,28,29). The van der Waals surface area contributed by atoms with Crippen LogP contribution in [-0.2, 0) is 19.2 Å². The highest BCUT2D eigenvalue weighted by Crippen LogP contribution is 2.40. The molecule has 1 N–H and O–H groups in total. The van der Waals surface area contributed by atoms with Crippen molar-refractivity contribution in [3.05, 3.63) is 70.2 Å². The van der Waals surface area contributed by atoms with Crippen LogP contribution in [0.25, 0.3) is 0 Å². The van der Waals surface area contributed by atoms with Crippen LogP contribution in [0, 0.1) is 0 Å². The Labute approximate surface area is 219 Å². The molecule has 2 aromatic rings. The molecule has 2 aromatic carbocycles. The molecule has 1 aliphatic rings. The highest BCUT2D eigenvalue weighted by atomic mass is 79.9. The lowest BCUT2D eigenvalue weighted by Gasteiger charge is -2.39. The van der Waals surface area contributed by atoms with Crippen LogP contribution in [0.5, 0.6) is 0 Å².